The molecule has 0 amide bonds. The Labute approximate surface area is 116 Å². The van der Waals surface area contributed by atoms with Crippen molar-refractivity contribution in [3.05, 3.63) is 29.8 Å². The largest absolute Gasteiger partial charge is 0.493 e. The van der Waals surface area contributed by atoms with Crippen molar-refractivity contribution in [3.63, 3.8) is 0 Å². The summed E-state index contributed by atoms with van der Waals surface area (Å²) in [6.07, 6.45) is -5.13. The van der Waals surface area contributed by atoms with Crippen LogP contribution in [0, 0.1) is 0 Å². The molecule has 1 aromatic carbocycles. The standard InChI is InChI=1S/C14H18F3NO2/c1-3-20-13-7-5-4-6-11(13)12(19)10-18(2)9-8-14(15,16)17/h4-7H,3,8-10H2,1-2H3. The molecule has 3 nitrogen and oxygen atoms in total. The molecule has 0 heterocycles. The van der Waals surface area contributed by atoms with Crippen LogP contribution in [0.2, 0.25) is 0 Å². The number of nitrogens with zero attached hydrogens (tertiary/aromatic N) is 1. The van der Waals surface area contributed by atoms with Crippen LogP contribution in [0.5, 0.6) is 5.75 Å². The van der Waals surface area contributed by atoms with Gasteiger partial charge in [0.2, 0.25) is 0 Å². The van der Waals surface area contributed by atoms with Gasteiger partial charge < -0.3 is 4.74 Å². The highest BCUT2D eigenvalue weighted by molar-refractivity contribution is 6.00. The number of para-hydroxylation sites is 1. The van der Waals surface area contributed by atoms with Gasteiger partial charge in [-0.15, -0.1) is 0 Å². The molecule has 112 valence electrons. The fourth-order valence-electron chi connectivity index (χ4n) is 1.71. The van der Waals surface area contributed by atoms with Crippen molar-refractivity contribution >= 4 is 5.78 Å². The van der Waals surface area contributed by atoms with Gasteiger partial charge in [-0.05, 0) is 26.1 Å². The molecule has 6 heteroatoms. The Balaban J connectivity index is 2.62. The zero-order valence-corrected chi connectivity index (χ0v) is 11.5. The summed E-state index contributed by atoms with van der Waals surface area (Å²) in [4.78, 5) is 13.4. The van der Waals surface area contributed by atoms with Crippen molar-refractivity contribution in [2.45, 2.75) is 19.5 Å². The fourth-order valence-corrected chi connectivity index (χ4v) is 1.71. The van der Waals surface area contributed by atoms with Crippen LogP contribution in [0.15, 0.2) is 24.3 Å². The number of ether oxygens (including phenoxy) is 1. The fraction of sp³-hybridized carbons (Fsp3) is 0.500. The van der Waals surface area contributed by atoms with E-state index in [2.05, 4.69) is 0 Å². The minimum Gasteiger partial charge on any atom is -0.493 e. The van der Waals surface area contributed by atoms with Crippen molar-refractivity contribution in [2.24, 2.45) is 0 Å². The Hall–Kier alpha value is -1.56. The number of Topliss-reactive ketones (excluding diaryl/α,β-unsaturated/α-hetero) is 1. The van der Waals surface area contributed by atoms with Crippen molar-refractivity contribution < 1.29 is 22.7 Å². The molecule has 0 atom stereocenters. The highest BCUT2D eigenvalue weighted by atomic mass is 19.4. The molecule has 0 spiro atoms. The van der Waals surface area contributed by atoms with E-state index in [4.69, 9.17) is 4.74 Å². The number of ketones is 1. The first-order valence-corrected chi connectivity index (χ1v) is 6.34. The van der Waals surface area contributed by atoms with E-state index in [0.29, 0.717) is 17.9 Å². The highest BCUT2D eigenvalue weighted by Gasteiger charge is 2.27. The molecule has 0 aliphatic carbocycles. The van der Waals surface area contributed by atoms with E-state index in [1.807, 2.05) is 0 Å². The van der Waals surface area contributed by atoms with E-state index in [1.54, 1.807) is 31.2 Å². The number of halogens is 3. The molecule has 0 N–H and O–H groups in total. The Kier molecular flexibility index (Phi) is 6.01. The van der Waals surface area contributed by atoms with Crippen LogP contribution in [-0.2, 0) is 0 Å². The van der Waals surface area contributed by atoms with Gasteiger partial charge in [-0.25, -0.2) is 0 Å². The lowest BCUT2D eigenvalue weighted by molar-refractivity contribution is -0.137. The molecule has 0 bridgehead atoms. The minimum atomic E-state index is -4.21. The quantitative estimate of drug-likeness (QED) is 0.722. The molecule has 0 saturated carbocycles. The van der Waals surface area contributed by atoms with E-state index < -0.39 is 12.6 Å². The van der Waals surface area contributed by atoms with Gasteiger partial charge in [0, 0.05) is 6.54 Å². The molecular weight excluding hydrogens is 271 g/mol. The first kappa shape index (κ1) is 16.5. The third-order valence-electron chi connectivity index (χ3n) is 2.68. The third-order valence-corrected chi connectivity index (χ3v) is 2.68. The second kappa shape index (κ2) is 7.28. The second-order valence-electron chi connectivity index (χ2n) is 4.46. The number of hydrogen-bond donors (Lipinski definition) is 0. The number of likely N-dealkylation sites (N-methyl/N-ethyl adjacent to an activating group) is 1. The summed E-state index contributed by atoms with van der Waals surface area (Å²) in [6.45, 7) is 1.96. The normalized spacial score (nSPS) is 11.7. The van der Waals surface area contributed by atoms with Crippen LogP contribution in [-0.4, -0.2) is 43.6 Å². The Bertz CT molecular complexity index is 446. The third kappa shape index (κ3) is 5.61. The van der Waals surface area contributed by atoms with Crippen LogP contribution in [0.1, 0.15) is 23.7 Å². The van der Waals surface area contributed by atoms with E-state index in [0.717, 1.165) is 0 Å². The average Bonchev–Trinajstić information content (AvgIpc) is 2.36. The number of carbonyl (C=O) groups is 1. The summed E-state index contributed by atoms with van der Waals surface area (Å²) in [7, 11) is 1.49. The van der Waals surface area contributed by atoms with E-state index in [9.17, 15) is 18.0 Å². The van der Waals surface area contributed by atoms with Gasteiger partial charge in [-0.2, -0.15) is 13.2 Å². The van der Waals surface area contributed by atoms with Crippen LogP contribution < -0.4 is 4.74 Å². The summed E-state index contributed by atoms with van der Waals surface area (Å²) < 4.78 is 41.7. The molecule has 0 aliphatic rings. The van der Waals surface area contributed by atoms with Crippen molar-refractivity contribution in [1.82, 2.24) is 4.90 Å². The molecule has 0 saturated heterocycles. The zero-order chi connectivity index (χ0) is 15.2. The van der Waals surface area contributed by atoms with Gasteiger partial charge in [0.1, 0.15) is 5.75 Å². The van der Waals surface area contributed by atoms with Gasteiger partial charge in [-0.1, -0.05) is 12.1 Å². The molecule has 0 aromatic heterocycles. The van der Waals surface area contributed by atoms with Gasteiger partial charge >= 0.3 is 6.18 Å². The Morgan fingerprint density at radius 3 is 2.55 bits per heavy atom. The summed E-state index contributed by atoms with van der Waals surface area (Å²) in [6, 6.07) is 6.73. The van der Waals surface area contributed by atoms with Crippen LogP contribution in [0.4, 0.5) is 13.2 Å². The lowest BCUT2D eigenvalue weighted by atomic mass is 10.1. The molecule has 1 rings (SSSR count). The van der Waals surface area contributed by atoms with Crippen molar-refractivity contribution in [3.8, 4) is 5.75 Å². The molecule has 1 aromatic rings. The van der Waals surface area contributed by atoms with Crippen molar-refractivity contribution in [1.29, 1.82) is 0 Å². The first-order chi connectivity index (χ1) is 9.33. The number of hydrogen-bond acceptors (Lipinski definition) is 3. The van der Waals surface area contributed by atoms with Crippen LogP contribution in [0.3, 0.4) is 0 Å². The maximum absolute atomic E-state index is 12.1. The van der Waals surface area contributed by atoms with Gasteiger partial charge in [-0.3, -0.25) is 9.69 Å². The molecule has 0 unspecified atom stereocenters. The van der Waals surface area contributed by atoms with Gasteiger partial charge in [0.05, 0.1) is 25.1 Å². The highest BCUT2D eigenvalue weighted by Crippen LogP contribution is 2.21. The maximum Gasteiger partial charge on any atom is 0.390 e. The van der Waals surface area contributed by atoms with Crippen molar-refractivity contribution in [2.75, 3.05) is 26.7 Å². The lowest BCUT2D eigenvalue weighted by Crippen LogP contribution is -2.29. The summed E-state index contributed by atoms with van der Waals surface area (Å²) in [5.41, 5.74) is 0.396. The predicted molar refractivity (Wildman–Crippen MR) is 70.1 cm³/mol. The SMILES string of the molecule is CCOc1ccccc1C(=O)CN(C)CCC(F)(F)F. The summed E-state index contributed by atoms with van der Waals surface area (Å²) in [5, 5.41) is 0. The average molecular weight is 289 g/mol. The minimum absolute atomic E-state index is 0.0693. The zero-order valence-electron chi connectivity index (χ0n) is 11.5. The predicted octanol–water partition coefficient (Wildman–Crippen LogP) is 3.15. The second-order valence-corrected chi connectivity index (χ2v) is 4.46. The smallest absolute Gasteiger partial charge is 0.390 e. The first-order valence-electron chi connectivity index (χ1n) is 6.34. The number of rotatable bonds is 7. The van der Waals surface area contributed by atoms with Crippen LogP contribution >= 0.6 is 0 Å². The van der Waals surface area contributed by atoms with E-state index >= 15 is 0 Å². The van der Waals surface area contributed by atoms with Gasteiger partial charge in [0.15, 0.2) is 5.78 Å². The molecule has 0 aliphatic heterocycles. The van der Waals surface area contributed by atoms with Crippen LogP contribution in [0.25, 0.3) is 0 Å². The topological polar surface area (TPSA) is 29.5 Å². The molecular formula is C14H18F3NO2. The van der Waals surface area contributed by atoms with E-state index in [1.165, 1.54) is 11.9 Å². The lowest BCUT2D eigenvalue weighted by Gasteiger charge is -2.17. The molecule has 0 radical (unpaired) electrons. The van der Waals surface area contributed by atoms with Gasteiger partial charge in [0.25, 0.3) is 0 Å². The summed E-state index contributed by atoms with van der Waals surface area (Å²) in [5.74, 6) is 0.211. The Morgan fingerprint density at radius 2 is 1.95 bits per heavy atom. The number of benzene rings is 1. The summed E-state index contributed by atoms with van der Waals surface area (Å²) >= 11 is 0. The van der Waals surface area contributed by atoms with E-state index in [-0.39, 0.29) is 18.9 Å². The Morgan fingerprint density at radius 1 is 1.30 bits per heavy atom. The number of alkyl halides is 3. The monoisotopic (exact) mass is 289 g/mol. The maximum atomic E-state index is 12.1. The molecule has 20 heavy (non-hydrogen) atoms. The molecule has 0 fully saturated rings. The number of carbonyl (C=O) groups excluding carboxylic acids is 1.